The molecule has 0 spiro atoms. The molecule has 1 rings (SSSR count). The zero-order valence-electron chi connectivity index (χ0n) is 13.4. The van der Waals surface area contributed by atoms with Crippen molar-refractivity contribution in [1.82, 2.24) is 15.1 Å². The summed E-state index contributed by atoms with van der Waals surface area (Å²) in [5.41, 5.74) is 0.418. The van der Waals surface area contributed by atoms with Gasteiger partial charge in [0.05, 0.1) is 0 Å². The van der Waals surface area contributed by atoms with Crippen molar-refractivity contribution in [2.75, 3.05) is 67.1 Å². The Labute approximate surface area is 119 Å². The largest absolute Gasteiger partial charge is 0.381 e. The van der Waals surface area contributed by atoms with Gasteiger partial charge in [-0.25, -0.2) is 0 Å². The van der Waals surface area contributed by atoms with Gasteiger partial charge in [-0.1, -0.05) is 6.92 Å². The Hall–Kier alpha value is -0.160. The molecule has 0 aromatic carbocycles. The van der Waals surface area contributed by atoms with Crippen LogP contribution >= 0.6 is 0 Å². The molecule has 0 saturated carbocycles. The van der Waals surface area contributed by atoms with Crippen molar-refractivity contribution in [2.45, 2.75) is 26.2 Å². The molecule has 0 unspecified atom stereocenters. The van der Waals surface area contributed by atoms with Gasteiger partial charge in [0, 0.05) is 26.3 Å². The maximum atomic E-state index is 5.55. The first kappa shape index (κ1) is 16.9. The lowest BCUT2D eigenvalue weighted by molar-refractivity contribution is -0.000599. The molecule has 0 bridgehead atoms. The Kier molecular flexibility index (Phi) is 7.91. The molecule has 4 nitrogen and oxygen atoms in total. The molecule has 1 fully saturated rings. The zero-order chi connectivity index (χ0) is 14.1. The van der Waals surface area contributed by atoms with Gasteiger partial charge >= 0.3 is 0 Å². The molecule has 0 aromatic heterocycles. The minimum atomic E-state index is 0.418. The van der Waals surface area contributed by atoms with Crippen molar-refractivity contribution < 1.29 is 4.74 Å². The van der Waals surface area contributed by atoms with E-state index in [1.165, 1.54) is 38.9 Å². The molecule has 1 heterocycles. The van der Waals surface area contributed by atoms with Crippen LogP contribution in [0.5, 0.6) is 0 Å². The van der Waals surface area contributed by atoms with Gasteiger partial charge in [-0.05, 0) is 65.5 Å². The van der Waals surface area contributed by atoms with Crippen LogP contribution in [0.2, 0.25) is 0 Å². The van der Waals surface area contributed by atoms with E-state index in [0.717, 1.165) is 26.3 Å². The molecule has 1 aliphatic rings. The Morgan fingerprint density at radius 2 is 1.79 bits per heavy atom. The molecule has 0 aliphatic carbocycles. The van der Waals surface area contributed by atoms with E-state index in [9.17, 15) is 0 Å². The minimum Gasteiger partial charge on any atom is -0.381 e. The van der Waals surface area contributed by atoms with E-state index in [0.29, 0.717) is 5.41 Å². The maximum Gasteiger partial charge on any atom is 0.0472 e. The summed E-state index contributed by atoms with van der Waals surface area (Å²) in [6, 6.07) is 0. The van der Waals surface area contributed by atoms with Crippen LogP contribution < -0.4 is 5.32 Å². The summed E-state index contributed by atoms with van der Waals surface area (Å²) in [7, 11) is 6.55. The first-order valence-electron chi connectivity index (χ1n) is 7.70. The average Bonchev–Trinajstić information content (AvgIpc) is 2.37. The van der Waals surface area contributed by atoms with Gasteiger partial charge in [-0.2, -0.15) is 0 Å². The Morgan fingerprint density at radius 3 is 2.37 bits per heavy atom. The van der Waals surface area contributed by atoms with Crippen LogP contribution in [0, 0.1) is 5.41 Å². The fourth-order valence-electron chi connectivity index (χ4n) is 2.89. The second-order valence-corrected chi connectivity index (χ2v) is 6.29. The monoisotopic (exact) mass is 271 g/mol. The SMILES string of the molecule is CCNCC1(CN(C)CCCN(C)C)CCOCC1. The maximum absolute atomic E-state index is 5.55. The van der Waals surface area contributed by atoms with Gasteiger partial charge in [0.25, 0.3) is 0 Å². The number of nitrogens with zero attached hydrogens (tertiary/aromatic N) is 2. The highest BCUT2D eigenvalue weighted by molar-refractivity contribution is 4.86. The highest BCUT2D eigenvalue weighted by atomic mass is 16.5. The number of hydrogen-bond acceptors (Lipinski definition) is 4. The van der Waals surface area contributed by atoms with Crippen molar-refractivity contribution in [2.24, 2.45) is 5.41 Å². The fraction of sp³-hybridized carbons (Fsp3) is 1.00. The summed E-state index contributed by atoms with van der Waals surface area (Å²) >= 11 is 0. The van der Waals surface area contributed by atoms with E-state index in [-0.39, 0.29) is 0 Å². The number of rotatable bonds is 9. The Bertz CT molecular complexity index is 227. The highest BCUT2D eigenvalue weighted by Crippen LogP contribution is 2.30. The van der Waals surface area contributed by atoms with Crippen LogP contribution in [-0.4, -0.2) is 76.9 Å². The molecule has 0 amide bonds. The third-order valence-electron chi connectivity index (χ3n) is 4.05. The normalized spacial score (nSPS) is 19.3. The summed E-state index contributed by atoms with van der Waals surface area (Å²) in [6.45, 7) is 9.79. The van der Waals surface area contributed by atoms with Crippen LogP contribution in [0.1, 0.15) is 26.2 Å². The summed E-state index contributed by atoms with van der Waals surface area (Å²) in [6.07, 6.45) is 3.63. The van der Waals surface area contributed by atoms with Crippen LogP contribution in [0.15, 0.2) is 0 Å². The van der Waals surface area contributed by atoms with Crippen molar-refractivity contribution in [3.8, 4) is 0 Å². The van der Waals surface area contributed by atoms with Gasteiger partial charge < -0.3 is 19.9 Å². The second kappa shape index (κ2) is 8.90. The van der Waals surface area contributed by atoms with E-state index in [1.54, 1.807) is 0 Å². The first-order chi connectivity index (χ1) is 9.08. The van der Waals surface area contributed by atoms with Crippen molar-refractivity contribution >= 4 is 0 Å². The standard InChI is InChI=1S/C15H33N3O/c1-5-16-13-15(7-11-19-12-8-15)14-18(4)10-6-9-17(2)3/h16H,5-14H2,1-4H3. The van der Waals surface area contributed by atoms with Crippen LogP contribution in [-0.2, 0) is 4.74 Å². The average molecular weight is 271 g/mol. The second-order valence-electron chi connectivity index (χ2n) is 6.29. The van der Waals surface area contributed by atoms with Gasteiger partial charge in [0.2, 0.25) is 0 Å². The van der Waals surface area contributed by atoms with Crippen LogP contribution in [0.25, 0.3) is 0 Å². The lowest BCUT2D eigenvalue weighted by atomic mass is 9.79. The van der Waals surface area contributed by atoms with Crippen LogP contribution in [0.4, 0.5) is 0 Å². The number of hydrogen-bond donors (Lipinski definition) is 1. The lowest BCUT2D eigenvalue weighted by Crippen LogP contribution is -2.46. The molecule has 1 aliphatic heterocycles. The molecule has 0 aromatic rings. The van der Waals surface area contributed by atoms with Gasteiger partial charge in [-0.3, -0.25) is 0 Å². The Morgan fingerprint density at radius 1 is 1.11 bits per heavy atom. The minimum absolute atomic E-state index is 0.418. The molecular weight excluding hydrogens is 238 g/mol. The van der Waals surface area contributed by atoms with Gasteiger partial charge in [0.1, 0.15) is 0 Å². The molecule has 1 N–H and O–H groups in total. The summed E-state index contributed by atoms with van der Waals surface area (Å²) in [5.74, 6) is 0. The predicted molar refractivity (Wildman–Crippen MR) is 81.7 cm³/mol. The molecule has 4 heteroatoms. The van der Waals surface area contributed by atoms with Gasteiger partial charge in [-0.15, -0.1) is 0 Å². The number of ether oxygens (including phenoxy) is 1. The van der Waals surface area contributed by atoms with E-state index in [1.807, 2.05) is 0 Å². The molecule has 114 valence electrons. The smallest absolute Gasteiger partial charge is 0.0472 e. The van der Waals surface area contributed by atoms with E-state index >= 15 is 0 Å². The molecule has 0 radical (unpaired) electrons. The predicted octanol–water partition coefficient (Wildman–Crippen LogP) is 1.28. The molecule has 0 atom stereocenters. The van der Waals surface area contributed by atoms with Crippen molar-refractivity contribution in [3.05, 3.63) is 0 Å². The van der Waals surface area contributed by atoms with Crippen molar-refractivity contribution in [1.29, 1.82) is 0 Å². The van der Waals surface area contributed by atoms with E-state index in [2.05, 4.69) is 43.2 Å². The third-order valence-corrected chi connectivity index (χ3v) is 4.05. The fourth-order valence-corrected chi connectivity index (χ4v) is 2.89. The molecule has 1 saturated heterocycles. The zero-order valence-corrected chi connectivity index (χ0v) is 13.4. The van der Waals surface area contributed by atoms with Gasteiger partial charge in [0.15, 0.2) is 0 Å². The van der Waals surface area contributed by atoms with E-state index in [4.69, 9.17) is 4.74 Å². The first-order valence-corrected chi connectivity index (χ1v) is 7.70. The van der Waals surface area contributed by atoms with Crippen molar-refractivity contribution in [3.63, 3.8) is 0 Å². The third kappa shape index (κ3) is 6.70. The quantitative estimate of drug-likeness (QED) is 0.684. The molecule has 19 heavy (non-hydrogen) atoms. The Balaban J connectivity index is 2.37. The van der Waals surface area contributed by atoms with E-state index < -0.39 is 0 Å². The summed E-state index contributed by atoms with van der Waals surface area (Å²) in [4.78, 5) is 4.77. The van der Waals surface area contributed by atoms with Crippen LogP contribution in [0.3, 0.4) is 0 Å². The highest BCUT2D eigenvalue weighted by Gasteiger charge is 2.33. The lowest BCUT2D eigenvalue weighted by Gasteiger charge is -2.40. The number of nitrogens with one attached hydrogen (secondary N) is 1. The molecular formula is C15H33N3O. The topological polar surface area (TPSA) is 27.7 Å². The summed E-state index contributed by atoms with van der Waals surface area (Å²) in [5, 5.41) is 3.55. The summed E-state index contributed by atoms with van der Waals surface area (Å²) < 4.78 is 5.55.